The molecule has 1 aromatic carbocycles. The summed E-state index contributed by atoms with van der Waals surface area (Å²) in [6, 6.07) is 7.19. The van der Waals surface area contributed by atoms with Crippen LogP contribution in [0.15, 0.2) is 33.9 Å². The Kier molecular flexibility index (Phi) is 4.41. The number of amides is 1. The maximum absolute atomic E-state index is 12.7. The largest absolute Gasteiger partial charge is 0.353 e. The molecule has 6 rings (SSSR count). The van der Waals surface area contributed by atoms with Crippen molar-refractivity contribution in [2.45, 2.75) is 64.5 Å². The SMILES string of the molecule is C[C@@H](NC(=O)CCn1c(=O)[nH]c(=O)c2ccccc21)C12CC3CC(CC(C3)C1)C2. The molecule has 0 unspecified atom stereocenters. The molecule has 2 N–H and O–H groups in total. The van der Waals surface area contributed by atoms with Crippen LogP contribution in [0.3, 0.4) is 0 Å². The zero-order chi connectivity index (χ0) is 20.2. The Morgan fingerprint density at radius 1 is 1.14 bits per heavy atom. The molecule has 0 radical (unpaired) electrons. The van der Waals surface area contributed by atoms with E-state index >= 15 is 0 Å². The maximum atomic E-state index is 12.7. The number of nitrogens with one attached hydrogen (secondary N) is 2. The molecule has 154 valence electrons. The average Bonchev–Trinajstić information content (AvgIpc) is 2.66. The number of carbonyl (C=O) groups is 1. The van der Waals surface area contributed by atoms with Gasteiger partial charge in [0.05, 0.1) is 10.9 Å². The molecule has 4 bridgehead atoms. The summed E-state index contributed by atoms with van der Waals surface area (Å²) in [6.45, 7) is 2.43. The van der Waals surface area contributed by atoms with Crippen LogP contribution in [-0.4, -0.2) is 21.5 Å². The number of rotatable bonds is 5. The molecular formula is C23H29N3O3. The smallest absolute Gasteiger partial charge is 0.328 e. The number of H-pyrrole nitrogens is 1. The van der Waals surface area contributed by atoms with Gasteiger partial charge in [0.2, 0.25) is 5.91 Å². The molecule has 1 heterocycles. The molecular weight excluding hydrogens is 366 g/mol. The van der Waals surface area contributed by atoms with Gasteiger partial charge in [-0.25, -0.2) is 4.79 Å². The number of hydrogen-bond donors (Lipinski definition) is 2. The first-order valence-corrected chi connectivity index (χ1v) is 10.9. The Morgan fingerprint density at radius 2 is 1.76 bits per heavy atom. The highest BCUT2D eigenvalue weighted by Gasteiger charge is 2.53. The van der Waals surface area contributed by atoms with Gasteiger partial charge in [-0.15, -0.1) is 0 Å². The van der Waals surface area contributed by atoms with Crippen LogP contribution in [0.4, 0.5) is 0 Å². The summed E-state index contributed by atoms with van der Waals surface area (Å²) < 4.78 is 1.49. The van der Waals surface area contributed by atoms with Gasteiger partial charge in [0.25, 0.3) is 5.56 Å². The zero-order valence-corrected chi connectivity index (χ0v) is 16.9. The predicted octanol–water partition coefficient (Wildman–Crippen LogP) is 2.80. The summed E-state index contributed by atoms with van der Waals surface area (Å²) in [6.07, 6.45) is 8.17. The molecule has 0 aliphatic heterocycles. The van der Waals surface area contributed by atoms with E-state index in [0.717, 1.165) is 17.8 Å². The summed E-state index contributed by atoms with van der Waals surface area (Å²) in [5.74, 6) is 2.54. The number of hydrogen-bond acceptors (Lipinski definition) is 3. The fourth-order valence-electron chi connectivity index (χ4n) is 6.85. The van der Waals surface area contributed by atoms with E-state index in [2.05, 4.69) is 17.2 Å². The Labute approximate surface area is 169 Å². The van der Waals surface area contributed by atoms with Crippen LogP contribution < -0.4 is 16.6 Å². The lowest BCUT2D eigenvalue weighted by Gasteiger charge is -2.59. The number of nitrogens with zero attached hydrogens (tertiary/aromatic N) is 1. The van der Waals surface area contributed by atoms with E-state index in [-0.39, 0.29) is 35.9 Å². The van der Waals surface area contributed by atoms with Crippen molar-refractivity contribution in [2.24, 2.45) is 23.2 Å². The van der Waals surface area contributed by atoms with Gasteiger partial charge < -0.3 is 5.32 Å². The van der Waals surface area contributed by atoms with Gasteiger partial charge in [-0.05, 0) is 80.8 Å². The van der Waals surface area contributed by atoms with Crippen molar-refractivity contribution >= 4 is 16.8 Å². The average molecular weight is 396 g/mol. The van der Waals surface area contributed by atoms with Crippen LogP contribution in [0.2, 0.25) is 0 Å². The van der Waals surface area contributed by atoms with E-state index in [1.54, 1.807) is 24.3 Å². The second-order valence-electron chi connectivity index (χ2n) is 9.75. The molecule has 1 amide bonds. The summed E-state index contributed by atoms with van der Waals surface area (Å²) in [4.78, 5) is 39.4. The highest BCUT2D eigenvalue weighted by Crippen LogP contribution is 2.61. The quantitative estimate of drug-likeness (QED) is 0.816. The van der Waals surface area contributed by atoms with Crippen LogP contribution in [0, 0.1) is 23.2 Å². The van der Waals surface area contributed by atoms with Crippen LogP contribution in [0.5, 0.6) is 0 Å². The number of para-hydroxylation sites is 1. The molecule has 4 fully saturated rings. The van der Waals surface area contributed by atoms with E-state index in [9.17, 15) is 14.4 Å². The van der Waals surface area contributed by atoms with Gasteiger partial charge in [0.15, 0.2) is 0 Å². The van der Waals surface area contributed by atoms with Crippen LogP contribution >= 0.6 is 0 Å². The molecule has 1 atom stereocenters. The van der Waals surface area contributed by atoms with E-state index in [4.69, 9.17) is 0 Å². The van der Waals surface area contributed by atoms with Crippen molar-refractivity contribution in [1.82, 2.24) is 14.9 Å². The van der Waals surface area contributed by atoms with E-state index < -0.39 is 5.69 Å². The van der Waals surface area contributed by atoms with Gasteiger partial charge in [0, 0.05) is 19.0 Å². The van der Waals surface area contributed by atoms with Gasteiger partial charge >= 0.3 is 5.69 Å². The number of aromatic nitrogens is 2. The zero-order valence-electron chi connectivity index (χ0n) is 16.9. The first-order chi connectivity index (χ1) is 13.9. The number of aromatic amines is 1. The molecule has 29 heavy (non-hydrogen) atoms. The highest BCUT2D eigenvalue weighted by atomic mass is 16.2. The maximum Gasteiger partial charge on any atom is 0.328 e. The monoisotopic (exact) mass is 395 g/mol. The fourth-order valence-corrected chi connectivity index (χ4v) is 6.85. The van der Waals surface area contributed by atoms with Crippen molar-refractivity contribution < 1.29 is 4.79 Å². The van der Waals surface area contributed by atoms with Crippen molar-refractivity contribution in [3.63, 3.8) is 0 Å². The third-order valence-electron chi connectivity index (χ3n) is 7.85. The minimum absolute atomic E-state index is 0.0181. The predicted molar refractivity (Wildman–Crippen MR) is 112 cm³/mol. The number of aryl methyl sites for hydroxylation is 1. The molecule has 4 aliphatic rings. The third kappa shape index (κ3) is 3.22. The lowest BCUT2D eigenvalue weighted by molar-refractivity contribution is -0.126. The normalized spacial score (nSPS) is 31.1. The molecule has 6 heteroatoms. The number of benzene rings is 1. The lowest BCUT2D eigenvalue weighted by Crippen LogP contribution is -2.55. The Morgan fingerprint density at radius 3 is 2.41 bits per heavy atom. The van der Waals surface area contributed by atoms with Crippen molar-refractivity contribution in [3.05, 3.63) is 45.1 Å². The topological polar surface area (TPSA) is 84.0 Å². The Bertz CT molecular complexity index is 1030. The minimum atomic E-state index is -0.462. The minimum Gasteiger partial charge on any atom is -0.353 e. The van der Waals surface area contributed by atoms with Gasteiger partial charge in [-0.1, -0.05) is 12.1 Å². The summed E-state index contributed by atoms with van der Waals surface area (Å²) in [5.41, 5.74) is -0.00749. The van der Waals surface area contributed by atoms with Crippen LogP contribution in [0.1, 0.15) is 51.9 Å². The van der Waals surface area contributed by atoms with Gasteiger partial charge in [0.1, 0.15) is 0 Å². The van der Waals surface area contributed by atoms with Crippen LogP contribution in [-0.2, 0) is 11.3 Å². The molecule has 2 aromatic rings. The first-order valence-electron chi connectivity index (χ1n) is 10.9. The van der Waals surface area contributed by atoms with Gasteiger partial charge in [-0.3, -0.25) is 19.1 Å². The molecule has 4 saturated carbocycles. The lowest BCUT2D eigenvalue weighted by atomic mass is 9.48. The van der Waals surface area contributed by atoms with Crippen molar-refractivity contribution in [3.8, 4) is 0 Å². The van der Waals surface area contributed by atoms with E-state index in [1.807, 2.05) is 0 Å². The molecule has 0 spiro atoms. The standard InChI is InChI=1S/C23H29N3O3/c1-14(23-11-15-8-16(12-23)10-17(9-15)13-23)24-20(27)6-7-26-19-5-3-2-4-18(19)21(28)25-22(26)29/h2-5,14-17H,6-13H2,1H3,(H,24,27)(H,25,28,29)/t14-,15?,16?,17?,23?/m1/s1. The first kappa shape index (κ1) is 18.6. The second kappa shape index (κ2) is 6.85. The summed E-state index contributed by atoms with van der Waals surface area (Å²) >= 11 is 0. The van der Waals surface area contributed by atoms with E-state index in [1.165, 1.54) is 43.1 Å². The Balaban J connectivity index is 1.28. The molecule has 0 saturated heterocycles. The molecule has 4 aliphatic carbocycles. The highest BCUT2D eigenvalue weighted by molar-refractivity contribution is 5.79. The van der Waals surface area contributed by atoms with Crippen molar-refractivity contribution in [1.29, 1.82) is 0 Å². The van der Waals surface area contributed by atoms with Gasteiger partial charge in [-0.2, -0.15) is 0 Å². The van der Waals surface area contributed by atoms with E-state index in [0.29, 0.717) is 10.9 Å². The third-order valence-corrected chi connectivity index (χ3v) is 7.85. The Hall–Kier alpha value is -2.37. The summed E-state index contributed by atoms with van der Waals surface area (Å²) in [7, 11) is 0. The molecule has 1 aromatic heterocycles. The summed E-state index contributed by atoms with van der Waals surface area (Å²) in [5, 5.41) is 3.73. The second-order valence-corrected chi connectivity index (χ2v) is 9.75. The number of fused-ring (bicyclic) bond motifs is 1. The van der Waals surface area contributed by atoms with Crippen molar-refractivity contribution in [2.75, 3.05) is 0 Å². The fraction of sp³-hybridized carbons (Fsp3) is 0.609. The number of carbonyl (C=O) groups excluding carboxylic acids is 1. The van der Waals surface area contributed by atoms with Crippen LogP contribution in [0.25, 0.3) is 10.9 Å². The molecule has 6 nitrogen and oxygen atoms in total.